The standard InChI is InChI=1S/C14H23N3O2S/c1-11(2)13-6-4-5-12(3)14(13)16-20(18,19)17-9-7-15-8-10-17/h4-6,11,15-16H,7-10H2,1-3H3. The third-order valence-corrected chi connectivity index (χ3v) is 5.08. The fraction of sp³-hybridized carbons (Fsp3) is 0.571. The van der Waals surface area contributed by atoms with Crippen LogP contribution in [-0.2, 0) is 10.2 Å². The summed E-state index contributed by atoms with van der Waals surface area (Å²) in [5, 5.41) is 3.16. The molecule has 0 spiro atoms. The SMILES string of the molecule is Cc1cccc(C(C)C)c1NS(=O)(=O)N1CCNCC1. The number of nitrogens with one attached hydrogen (secondary N) is 2. The van der Waals surface area contributed by atoms with Gasteiger partial charge in [0.05, 0.1) is 5.69 Å². The third kappa shape index (κ3) is 3.31. The normalized spacial score (nSPS) is 17.4. The molecule has 0 aliphatic carbocycles. The second-order valence-electron chi connectivity index (χ2n) is 5.45. The van der Waals surface area contributed by atoms with Crippen LogP contribution in [0, 0.1) is 6.92 Å². The van der Waals surface area contributed by atoms with Gasteiger partial charge < -0.3 is 5.32 Å². The van der Waals surface area contributed by atoms with Crippen LogP contribution in [0.25, 0.3) is 0 Å². The lowest BCUT2D eigenvalue weighted by Crippen LogP contribution is -2.48. The Labute approximate surface area is 121 Å². The van der Waals surface area contributed by atoms with Crippen LogP contribution in [-0.4, -0.2) is 38.9 Å². The summed E-state index contributed by atoms with van der Waals surface area (Å²) in [5.41, 5.74) is 2.71. The number of hydrogen-bond acceptors (Lipinski definition) is 3. The van der Waals surface area contributed by atoms with E-state index in [1.807, 2.05) is 25.1 Å². The molecule has 112 valence electrons. The maximum atomic E-state index is 12.5. The maximum Gasteiger partial charge on any atom is 0.301 e. The number of hydrogen-bond donors (Lipinski definition) is 2. The Morgan fingerprint density at radius 3 is 2.50 bits per heavy atom. The smallest absolute Gasteiger partial charge is 0.301 e. The van der Waals surface area contributed by atoms with E-state index in [2.05, 4.69) is 23.9 Å². The summed E-state index contributed by atoms with van der Waals surface area (Å²) in [5.74, 6) is 0.274. The molecule has 1 saturated heterocycles. The fourth-order valence-electron chi connectivity index (χ4n) is 2.39. The molecular weight excluding hydrogens is 274 g/mol. The van der Waals surface area contributed by atoms with E-state index in [0.717, 1.165) is 16.8 Å². The number of para-hydroxylation sites is 1. The first kappa shape index (κ1) is 15.3. The zero-order valence-corrected chi connectivity index (χ0v) is 13.1. The van der Waals surface area contributed by atoms with Crippen molar-refractivity contribution in [3.8, 4) is 0 Å². The average molecular weight is 297 g/mol. The predicted octanol–water partition coefficient (Wildman–Crippen LogP) is 1.68. The second-order valence-corrected chi connectivity index (χ2v) is 7.12. The monoisotopic (exact) mass is 297 g/mol. The maximum absolute atomic E-state index is 12.5. The van der Waals surface area contributed by atoms with Gasteiger partial charge in [0.15, 0.2) is 0 Å². The minimum atomic E-state index is -3.47. The van der Waals surface area contributed by atoms with Crippen molar-refractivity contribution in [2.24, 2.45) is 0 Å². The van der Waals surface area contributed by atoms with Crippen molar-refractivity contribution in [3.05, 3.63) is 29.3 Å². The summed E-state index contributed by atoms with van der Waals surface area (Å²) in [6.07, 6.45) is 0. The van der Waals surface area contributed by atoms with Crippen molar-refractivity contribution in [1.82, 2.24) is 9.62 Å². The molecule has 0 atom stereocenters. The first-order valence-corrected chi connectivity index (χ1v) is 8.44. The third-order valence-electron chi connectivity index (χ3n) is 3.57. The van der Waals surface area contributed by atoms with E-state index < -0.39 is 10.2 Å². The van der Waals surface area contributed by atoms with E-state index >= 15 is 0 Å². The number of rotatable bonds is 4. The quantitative estimate of drug-likeness (QED) is 0.889. The Kier molecular flexibility index (Phi) is 4.67. The predicted molar refractivity (Wildman–Crippen MR) is 82.3 cm³/mol. The number of aryl methyl sites for hydroxylation is 1. The lowest BCUT2D eigenvalue weighted by atomic mass is 9.99. The first-order chi connectivity index (χ1) is 9.42. The van der Waals surface area contributed by atoms with Crippen LogP contribution >= 0.6 is 0 Å². The molecule has 1 aromatic carbocycles. The molecule has 0 saturated carbocycles. The zero-order chi connectivity index (χ0) is 14.8. The van der Waals surface area contributed by atoms with Crippen molar-refractivity contribution >= 4 is 15.9 Å². The highest BCUT2D eigenvalue weighted by molar-refractivity contribution is 7.90. The molecule has 1 fully saturated rings. The lowest BCUT2D eigenvalue weighted by molar-refractivity contribution is 0.362. The van der Waals surface area contributed by atoms with E-state index in [9.17, 15) is 8.42 Å². The molecule has 2 N–H and O–H groups in total. The second kappa shape index (κ2) is 6.11. The van der Waals surface area contributed by atoms with E-state index in [0.29, 0.717) is 26.2 Å². The number of nitrogens with zero attached hydrogens (tertiary/aromatic N) is 1. The minimum absolute atomic E-state index is 0.274. The van der Waals surface area contributed by atoms with Crippen LogP contribution in [0.3, 0.4) is 0 Å². The van der Waals surface area contributed by atoms with Gasteiger partial charge in [0.2, 0.25) is 0 Å². The van der Waals surface area contributed by atoms with Crippen molar-refractivity contribution < 1.29 is 8.42 Å². The molecule has 0 radical (unpaired) electrons. The summed E-state index contributed by atoms with van der Waals surface area (Å²) < 4.78 is 29.2. The summed E-state index contributed by atoms with van der Waals surface area (Å²) in [4.78, 5) is 0. The highest BCUT2D eigenvalue weighted by Crippen LogP contribution is 2.28. The Morgan fingerprint density at radius 1 is 1.25 bits per heavy atom. The molecule has 1 aliphatic rings. The Balaban J connectivity index is 2.29. The van der Waals surface area contributed by atoms with Gasteiger partial charge in [0.1, 0.15) is 0 Å². The van der Waals surface area contributed by atoms with Crippen LogP contribution in [0.15, 0.2) is 18.2 Å². The van der Waals surface area contributed by atoms with E-state index in [4.69, 9.17) is 0 Å². The van der Waals surface area contributed by atoms with E-state index in [1.165, 1.54) is 4.31 Å². The largest absolute Gasteiger partial charge is 0.314 e. The molecule has 1 aliphatic heterocycles. The highest BCUT2D eigenvalue weighted by atomic mass is 32.2. The molecule has 0 unspecified atom stereocenters. The van der Waals surface area contributed by atoms with Gasteiger partial charge >= 0.3 is 10.2 Å². The van der Waals surface area contributed by atoms with Crippen LogP contribution in [0.2, 0.25) is 0 Å². The number of benzene rings is 1. The lowest BCUT2D eigenvalue weighted by Gasteiger charge is -2.28. The van der Waals surface area contributed by atoms with Crippen molar-refractivity contribution in [2.75, 3.05) is 30.9 Å². The van der Waals surface area contributed by atoms with Gasteiger partial charge in [0.25, 0.3) is 0 Å². The summed E-state index contributed by atoms with van der Waals surface area (Å²) in [7, 11) is -3.47. The number of piperazine rings is 1. The molecule has 1 heterocycles. The Hall–Kier alpha value is -1.11. The molecule has 2 rings (SSSR count). The van der Waals surface area contributed by atoms with Gasteiger partial charge in [-0.15, -0.1) is 0 Å². The van der Waals surface area contributed by atoms with Crippen LogP contribution in [0.4, 0.5) is 5.69 Å². The molecule has 1 aromatic rings. The summed E-state index contributed by atoms with van der Waals surface area (Å²) in [6, 6.07) is 5.88. The topological polar surface area (TPSA) is 61.4 Å². The molecular formula is C14H23N3O2S. The van der Waals surface area contributed by atoms with Crippen LogP contribution in [0.5, 0.6) is 0 Å². The van der Waals surface area contributed by atoms with Gasteiger partial charge in [-0.1, -0.05) is 32.0 Å². The van der Waals surface area contributed by atoms with Gasteiger partial charge in [-0.2, -0.15) is 12.7 Å². The highest BCUT2D eigenvalue weighted by Gasteiger charge is 2.25. The zero-order valence-electron chi connectivity index (χ0n) is 12.3. The van der Waals surface area contributed by atoms with Gasteiger partial charge in [0, 0.05) is 26.2 Å². The van der Waals surface area contributed by atoms with Crippen LogP contribution < -0.4 is 10.0 Å². The van der Waals surface area contributed by atoms with Crippen LogP contribution in [0.1, 0.15) is 30.9 Å². The minimum Gasteiger partial charge on any atom is -0.314 e. The molecule has 6 heteroatoms. The Morgan fingerprint density at radius 2 is 1.90 bits per heavy atom. The van der Waals surface area contributed by atoms with Gasteiger partial charge in [-0.05, 0) is 24.0 Å². The van der Waals surface area contributed by atoms with Crippen molar-refractivity contribution in [1.29, 1.82) is 0 Å². The summed E-state index contributed by atoms with van der Waals surface area (Å²) in [6.45, 7) is 8.49. The van der Waals surface area contributed by atoms with Gasteiger partial charge in [-0.25, -0.2) is 0 Å². The van der Waals surface area contributed by atoms with E-state index in [1.54, 1.807) is 0 Å². The van der Waals surface area contributed by atoms with Crippen molar-refractivity contribution in [3.63, 3.8) is 0 Å². The molecule has 0 bridgehead atoms. The van der Waals surface area contributed by atoms with Gasteiger partial charge in [-0.3, -0.25) is 4.72 Å². The summed E-state index contributed by atoms with van der Waals surface area (Å²) >= 11 is 0. The average Bonchev–Trinajstić information content (AvgIpc) is 2.41. The molecule has 5 nitrogen and oxygen atoms in total. The van der Waals surface area contributed by atoms with E-state index in [-0.39, 0.29) is 5.92 Å². The molecule has 20 heavy (non-hydrogen) atoms. The Bertz CT molecular complexity index is 564. The first-order valence-electron chi connectivity index (χ1n) is 7.00. The number of anilines is 1. The fourth-order valence-corrected chi connectivity index (χ4v) is 3.72. The molecule has 0 aromatic heterocycles. The molecule has 0 amide bonds. The van der Waals surface area contributed by atoms with Crippen molar-refractivity contribution in [2.45, 2.75) is 26.7 Å².